The van der Waals surface area contributed by atoms with Crippen LogP contribution in [0.1, 0.15) is 50.4 Å². The molecule has 1 aromatic rings. The molecular weight excluding hydrogens is 269 g/mol. The molecule has 0 saturated heterocycles. The number of rotatable bonds is 2. The zero-order chi connectivity index (χ0) is 15.4. The summed E-state index contributed by atoms with van der Waals surface area (Å²) in [6.07, 6.45) is 3.45. The van der Waals surface area contributed by atoms with Gasteiger partial charge < -0.3 is 10.4 Å². The Morgan fingerprint density at radius 3 is 2.71 bits per heavy atom. The third kappa shape index (κ3) is 2.12. The maximum absolute atomic E-state index is 13.3. The van der Waals surface area contributed by atoms with Crippen molar-refractivity contribution in [2.75, 3.05) is 0 Å². The molecule has 2 bridgehead atoms. The molecule has 0 radical (unpaired) electrons. The van der Waals surface area contributed by atoms with Gasteiger partial charge in [-0.15, -0.1) is 0 Å². The lowest BCUT2D eigenvalue weighted by Crippen LogP contribution is -2.52. The molecule has 2 fully saturated rings. The largest absolute Gasteiger partial charge is 0.507 e. The normalized spacial score (nSPS) is 33.1. The number of phenols is 1. The molecule has 1 aromatic carbocycles. The number of aromatic hydroxyl groups is 1. The van der Waals surface area contributed by atoms with Crippen LogP contribution in [0.15, 0.2) is 18.2 Å². The summed E-state index contributed by atoms with van der Waals surface area (Å²) in [7, 11) is 0. The van der Waals surface area contributed by atoms with E-state index >= 15 is 0 Å². The van der Waals surface area contributed by atoms with Crippen LogP contribution in [0.2, 0.25) is 0 Å². The fourth-order valence-electron chi connectivity index (χ4n) is 4.56. The number of phenolic OH excluding ortho intramolecular Hbond substituents is 1. The highest BCUT2D eigenvalue weighted by Crippen LogP contribution is 2.62. The quantitative estimate of drug-likeness (QED) is 0.876. The molecule has 2 N–H and O–H groups in total. The number of amides is 1. The molecule has 21 heavy (non-hydrogen) atoms. The van der Waals surface area contributed by atoms with Gasteiger partial charge in [-0.1, -0.05) is 20.8 Å². The number of hydrogen-bond donors (Lipinski definition) is 2. The first-order valence-electron chi connectivity index (χ1n) is 7.53. The smallest absolute Gasteiger partial charge is 0.255 e. The molecule has 2 saturated carbocycles. The molecule has 3 atom stereocenters. The highest BCUT2D eigenvalue weighted by molar-refractivity contribution is 5.97. The Hall–Kier alpha value is -1.58. The number of halogens is 1. The van der Waals surface area contributed by atoms with Crippen molar-refractivity contribution in [2.45, 2.75) is 46.1 Å². The summed E-state index contributed by atoms with van der Waals surface area (Å²) in [5, 5.41) is 12.8. The molecule has 2 aliphatic rings. The molecule has 0 spiro atoms. The number of benzene rings is 1. The number of fused-ring (bicyclic) bond motifs is 2. The van der Waals surface area contributed by atoms with Gasteiger partial charge in [0.1, 0.15) is 11.6 Å². The first-order chi connectivity index (χ1) is 9.74. The maximum Gasteiger partial charge on any atom is 0.255 e. The van der Waals surface area contributed by atoms with Gasteiger partial charge in [-0.2, -0.15) is 0 Å². The zero-order valence-electron chi connectivity index (χ0n) is 12.7. The lowest BCUT2D eigenvalue weighted by Gasteiger charge is -2.43. The average Bonchev–Trinajstić information content (AvgIpc) is 2.88. The van der Waals surface area contributed by atoms with Gasteiger partial charge in [0.25, 0.3) is 5.91 Å². The summed E-state index contributed by atoms with van der Waals surface area (Å²) in [4.78, 5) is 12.4. The van der Waals surface area contributed by atoms with E-state index in [4.69, 9.17) is 0 Å². The summed E-state index contributed by atoms with van der Waals surface area (Å²) in [5.74, 6) is -0.468. The van der Waals surface area contributed by atoms with E-state index in [1.807, 2.05) is 0 Å². The third-order valence-electron chi connectivity index (χ3n) is 5.75. The Balaban J connectivity index is 1.86. The highest BCUT2D eigenvalue weighted by atomic mass is 19.1. The summed E-state index contributed by atoms with van der Waals surface area (Å²) >= 11 is 0. The van der Waals surface area contributed by atoms with Crippen LogP contribution in [0.3, 0.4) is 0 Å². The molecule has 114 valence electrons. The number of hydrogen-bond acceptors (Lipinski definition) is 2. The molecular formula is C17H22FNO2. The Morgan fingerprint density at radius 2 is 2.10 bits per heavy atom. The van der Waals surface area contributed by atoms with Gasteiger partial charge in [-0.05, 0) is 54.2 Å². The lowest BCUT2D eigenvalue weighted by atomic mass is 9.68. The van der Waals surface area contributed by atoms with Gasteiger partial charge in [0.2, 0.25) is 0 Å². The molecule has 3 nitrogen and oxygen atoms in total. The Kier molecular flexibility index (Phi) is 3.05. The second-order valence-corrected chi connectivity index (χ2v) is 7.48. The maximum atomic E-state index is 13.3. The molecule has 4 heteroatoms. The van der Waals surface area contributed by atoms with E-state index in [-0.39, 0.29) is 34.1 Å². The van der Waals surface area contributed by atoms with Gasteiger partial charge in [-0.3, -0.25) is 4.79 Å². The van der Waals surface area contributed by atoms with E-state index in [1.54, 1.807) is 0 Å². The average molecular weight is 291 g/mol. The van der Waals surface area contributed by atoms with Crippen molar-refractivity contribution in [3.05, 3.63) is 29.6 Å². The van der Waals surface area contributed by atoms with Crippen molar-refractivity contribution in [1.82, 2.24) is 5.32 Å². The summed E-state index contributed by atoms with van der Waals surface area (Å²) in [6.45, 7) is 6.61. The Labute approximate surface area is 124 Å². The molecule has 2 aliphatic carbocycles. The first-order valence-corrected chi connectivity index (χ1v) is 7.53. The van der Waals surface area contributed by atoms with Gasteiger partial charge >= 0.3 is 0 Å². The second kappa shape index (κ2) is 4.46. The van der Waals surface area contributed by atoms with Crippen LogP contribution in [0.4, 0.5) is 4.39 Å². The molecule has 0 aliphatic heterocycles. The van der Waals surface area contributed by atoms with Crippen molar-refractivity contribution in [3.8, 4) is 5.75 Å². The van der Waals surface area contributed by atoms with Crippen molar-refractivity contribution >= 4 is 5.91 Å². The summed E-state index contributed by atoms with van der Waals surface area (Å²) in [5.41, 5.74) is 0.149. The van der Waals surface area contributed by atoms with Crippen LogP contribution in [0.5, 0.6) is 5.75 Å². The molecule has 3 rings (SSSR count). The van der Waals surface area contributed by atoms with Crippen molar-refractivity contribution in [1.29, 1.82) is 0 Å². The number of carbonyl (C=O) groups is 1. The minimum absolute atomic E-state index is 0.0113. The van der Waals surface area contributed by atoms with Gasteiger partial charge in [0, 0.05) is 6.04 Å². The van der Waals surface area contributed by atoms with Crippen LogP contribution in [-0.2, 0) is 0 Å². The zero-order valence-corrected chi connectivity index (χ0v) is 12.7. The predicted molar refractivity (Wildman–Crippen MR) is 78.5 cm³/mol. The topological polar surface area (TPSA) is 49.3 Å². The van der Waals surface area contributed by atoms with Crippen LogP contribution < -0.4 is 5.32 Å². The predicted octanol–water partition coefficient (Wildman–Crippen LogP) is 3.48. The third-order valence-corrected chi connectivity index (χ3v) is 5.75. The molecule has 0 heterocycles. The SMILES string of the molecule is CC12CCC(C1)C(C)(C)C2NC(=O)c1cc(F)ccc1O. The molecule has 1 amide bonds. The van der Waals surface area contributed by atoms with Crippen LogP contribution >= 0.6 is 0 Å². The van der Waals surface area contributed by atoms with Gasteiger partial charge in [0.05, 0.1) is 5.56 Å². The van der Waals surface area contributed by atoms with E-state index in [1.165, 1.54) is 12.5 Å². The van der Waals surface area contributed by atoms with E-state index in [2.05, 4.69) is 26.1 Å². The van der Waals surface area contributed by atoms with E-state index in [0.29, 0.717) is 5.92 Å². The minimum atomic E-state index is -0.517. The number of carbonyl (C=O) groups excluding carboxylic acids is 1. The van der Waals surface area contributed by atoms with Gasteiger partial charge in [-0.25, -0.2) is 4.39 Å². The van der Waals surface area contributed by atoms with Crippen molar-refractivity contribution in [2.24, 2.45) is 16.7 Å². The fraction of sp³-hybridized carbons (Fsp3) is 0.588. The van der Waals surface area contributed by atoms with Crippen molar-refractivity contribution < 1.29 is 14.3 Å². The van der Waals surface area contributed by atoms with E-state index in [9.17, 15) is 14.3 Å². The van der Waals surface area contributed by atoms with Crippen LogP contribution in [0, 0.1) is 22.6 Å². The molecule has 0 aromatic heterocycles. The van der Waals surface area contributed by atoms with Crippen LogP contribution in [0.25, 0.3) is 0 Å². The fourth-order valence-corrected chi connectivity index (χ4v) is 4.56. The summed E-state index contributed by atoms with van der Waals surface area (Å²) < 4.78 is 13.3. The summed E-state index contributed by atoms with van der Waals surface area (Å²) in [6, 6.07) is 3.51. The van der Waals surface area contributed by atoms with Crippen molar-refractivity contribution in [3.63, 3.8) is 0 Å². The monoisotopic (exact) mass is 291 g/mol. The highest BCUT2D eigenvalue weighted by Gasteiger charge is 2.59. The van der Waals surface area contributed by atoms with Gasteiger partial charge in [0.15, 0.2) is 0 Å². The minimum Gasteiger partial charge on any atom is -0.507 e. The van der Waals surface area contributed by atoms with E-state index in [0.717, 1.165) is 25.0 Å². The van der Waals surface area contributed by atoms with Crippen LogP contribution in [-0.4, -0.2) is 17.1 Å². The number of nitrogens with one attached hydrogen (secondary N) is 1. The standard InChI is InChI=1S/C17H22FNO2/c1-16(2)10-6-7-17(3,9-10)15(16)19-14(21)12-8-11(18)4-5-13(12)20/h4-5,8,10,15,20H,6-7,9H2,1-3H3,(H,19,21). The Morgan fingerprint density at radius 1 is 1.38 bits per heavy atom. The second-order valence-electron chi connectivity index (χ2n) is 7.48. The van der Waals surface area contributed by atoms with E-state index < -0.39 is 5.82 Å². The first kappa shape index (κ1) is 14.4. The molecule has 3 unspecified atom stereocenters. The lowest BCUT2D eigenvalue weighted by molar-refractivity contribution is 0.0735. The Bertz CT molecular complexity index is 594.